The number of aromatic nitrogens is 1. The number of rotatable bonds is 3. The third-order valence-corrected chi connectivity index (χ3v) is 4.11. The second-order valence-corrected chi connectivity index (χ2v) is 5.53. The molecule has 2 nitrogen and oxygen atoms in total. The SMILES string of the molecule is S=c1sc2ccccc2n1COc1ccccc1. The smallest absolute Gasteiger partial charge is 0.167 e. The summed E-state index contributed by atoms with van der Waals surface area (Å²) in [5.41, 5.74) is 1.13. The molecule has 0 radical (unpaired) electrons. The van der Waals surface area contributed by atoms with Crippen LogP contribution in [0.25, 0.3) is 10.2 Å². The van der Waals surface area contributed by atoms with Crippen molar-refractivity contribution in [2.45, 2.75) is 6.73 Å². The van der Waals surface area contributed by atoms with E-state index in [9.17, 15) is 0 Å². The molecule has 0 saturated heterocycles. The minimum absolute atomic E-state index is 0.451. The van der Waals surface area contributed by atoms with Gasteiger partial charge in [-0.25, -0.2) is 0 Å². The number of hydrogen-bond donors (Lipinski definition) is 0. The highest BCUT2D eigenvalue weighted by Gasteiger charge is 2.04. The van der Waals surface area contributed by atoms with Crippen LogP contribution in [0.1, 0.15) is 0 Å². The van der Waals surface area contributed by atoms with Gasteiger partial charge in [-0.2, -0.15) is 0 Å². The van der Waals surface area contributed by atoms with E-state index in [0.29, 0.717) is 6.73 Å². The Balaban J connectivity index is 1.91. The summed E-state index contributed by atoms with van der Waals surface area (Å²) < 4.78 is 9.79. The fourth-order valence-electron chi connectivity index (χ4n) is 1.79. The number of ether oxygens (including phenoxy) is 1. The molecule has 0 saturated carbocycles. The summed E-state index contributed by atoms with van der Waals surface area (Å²) in [6.07, 6.45) is 0. The van der Waals surface area contributed by atoms with E-state index in [0.717, 1.165) is 15.2 Å². The fourth-order valence-corrected chi connectivity index (χ4v) is 3.09. The first-order valence-electron chi connectivity index (χ1n) is 5.61. The van der Waals surface area contributed by atoms with Gasteiger partial charge in [0.1, 0.15) is 5.75 Å². The quantitative estimate of drug-likeness (QED) is 0.654. The van der Waals surface area contributed by atoms with E-state index < -0.39 is 0 Å². The summed E-state index contributed by atoms with van der Waals surface area (Å²) >= 11 is 6.98. The van der Waals surface area contributed by atoms with Crippen molar-refractivity contribution in [3.63, 3.8) is 0 Å². The molecule has 0 aliphatic rings. The van der Waals surface area contributed by atoms with E-state index in [2.05, 4.69) is 12.1 Å². The zero-order chi connectivity index (χ0) is 12.4. The molecule has 0 atom stereocenters. The molecule has 90 valence electrons. The Hall–Kier alpha value is -1.65. The summed E-state index contributed by atoms with van der Waals surface area (Å²) in [4.78, 5) is 0. The number of thiazole rings is 1. The molecule has 0 aliphatic heterocycles. The topological polar surface area (TPSA) is 14.2 Å². The molecule has 0 N–H and O–H groups in total. The zero-order valence-corrected chi connectivity index (χ0v) is 11.2. The van der Waals surface area contributed by atoms with E-state index in [1.807, 2.05) is 47.0 Å². The van der Waals surface area contributed by atoms with Crippen molar-refractivity contribution < 1.29 is 4.74 Å². The van der Waals surface area contributed by atoms with E-state index >= 15 is 0 Å². The van der Waals surface area contributed by atoms with Crippen LogP contribution >= 0.6 is 23.6 Å². The van der Waals surface area contributed by atoms with Gasteiger partial charge in [-0.1, -0.05) is 30.3 Å². The van der Waals surface area contributed by atoms with Gasteiger partial charge in [0, 0.05) is 0 Å². The molecule has 0 bridgehead atoms. The van der Waals surface area contributed by atoms with Crippen LogP contribution in [-0.2, 0) is 6.73 Å². The Morgan fingerprint density at radius 3 is 2.56 bits per heavy atom. The number of nitrogens with zero attached hydrogens (tertiary/aromatic N) is 1. The summed E-state index contributed by atoms with van der Waals surface area (Å²) in [7, 11) is 0. The van der Waals surface area contributed by atoms with Gasteiger partial charge in [0.25, 0.3) is 0 Å². The average molecular weight is 273 g/mol. The van der Waals surface area contributed by atoms with Gasteiger partial charge < -0.3 is 4.74 Å². The molecule has 0 unspecified atom stereocenters. The third kappa shape index (κ3) is 2.17. The Kier molecular flexibility index (Phi) is 3.13. The van der Waals surface area contributed by atoms with Gasteiger partial charge in [-0.05, 0) is 36.5 Å². The van der Waals surface area contributed by atoms with Crippen LogP contribution < -0.4 is 4.74 Å². The first-order valence-corrected chi connectivity index (χ1v) is 6.83. The van der Waals surface area contributed by atoms with Crippen molar-refractivity contribution in [1.82, 2.24) is 4.57 Å². The average Bonchev–Trinajstić information content (AvgIpc) is 2.73. The van der Waals surface area contributed by atoms with Crippen molar-refractivity contribution in [2.75, 3.05) is 0 Å². The lowest BCUT2D eigenvalue weighted by Crippen LogP contribution is -2.04. The first kappa shape index (κ1) is 11.4. The Labute approximate surface area is 114 Å². The van der Waals surface area contributed by atoms with Gasteiger partial charge in [0.05, 0.1) is 10.2 Å². The monoisotopic (exact) mass is 273 g/mol. The predicted molar refractivity (Wildman–Crippen MR) is 77.7 cm³/mol. The van der Waals surface area contributed by atoms with Crippen LogP contribution in [0, 0.1) is 3.95 Å². The maximum Gasteiger partial charge on any atom is 0.167 e. The minimum atomic E-state index is 0.451. The maximum absolute atomic E-state index is 5.74. The number of hydrogen-bond acceptors (Lipinski definition) is 3. The molecule has 0 fully saturated rings. The largest absolute Gasteiger partial charge is 0.473 e. The highest BCUT2D eigenvalue weighted by Crippen LogP contribution is 2.23. The van der Waals surface area contributed by atoms with Crippen molar-refractivity contribution in [1.29, 1.82) is 0 Å². The molecule has 4 heteroatoms. The number of fused-ring (bicyclic) bond motifs is 1. The Bertz CT molecular complexity index is 715. The molecule has 0 spiro atoms. The molecule has 0 aliphatic carbocycles. The van der Waals surface area contributed by atoms with Crippen LogP contribution in [0.3, 0.4) is 0 Å². The van der Waals surface area contributed by atoms with Crippen LogP contribution in [0.4, 0.5) is 0 Å². The molecule has 0 amide bonds. The molecule has 3 aromatic rings. The highest BCUT2D eigenvalue weighted by molar-refractivity contribution is 7.73. The molecule has 1 aromatic heterocycles. The van der Waals surface area contributed by atoms with Gasteiger partial charge in [-0.3, -0.25) is 4.57 Å². The summed E-state index contributed by atoms with van der Waals surface area (Å²) in [5.74, 6) is 0.856. The zero-order valence-electron chi connectivity index (χ0n) is 9.58. The second-order valence-electron chi connectivity index (χ2n) is 3.85. The summed E-state index contributed by atoms with van der Waals surface area (Å²) in [6, 6.07) is 18.0. The Morgan fingerprint density at radius 2 is 1.72 bits per heavy atom. The van der Waals surface area contributed by atoms with Crippen LogP contribution in [0.2, 0.25) is 0 Å². The van der Waals surface area contributed by atoms with Crippen LogP contribution in [-0.4, -0.2) is 4.57 Å². The van der Waals surface area contributed by atoms with Crippen molar-refractivity contribution in [3.05, 3.63) is 58.6 Å². The Morgan fingerprint density at radius 1 is 1.00 bits per heavy atom. The van der Waals surface area contributed by atoms with E-state index in [4.69, 9.17) is 17.0 Å². The van der Waals surface area contributed by atoms with Gasteiger partial charge in [0.15, 0.2) is 10.7 Å². The lowest BCUT2D eigenvalue weighted by molar-refractivity contribution is 0.241. The van der Waals surface area contributed by atoms with Gasteiger partial charge >= 0.3 is 0 Å². The third-order valence-electron chi connectivity index (χ3n) is 2.68. The maximum atomic E-state index is 5.74. The lowest BCUT2D eigenvalue weighted by atomic mass is 10.3. The lowest BCUT2D eigenvalue weighted by Gasteiger charge is -2.07. The molecule has 18 heavy (non-hydrogen) atoms. The summed E-state index contributed by atoms with van der Waals surface area (Å²) in [5, 5.41) is 0. The van der Waals surface area contributed by atoms with Crippen LogP contribution in [0.5, 0.6) is 5.75 Å². The van der Waals surface area contributed by atoms with Crippen molar-refractivity contribution >= 4 is 33.8 Å². The standard InChI is InChI=1S/C14H11NOS2/c17-14-15(10-16-11-6-2-1-3-7-11)12-8-4-5-9-13(12)18-14/h1-9H,10H2. The van der Waals surface area contributed by atoms with Gasteiger partial charge in [-0.15, -0.1) is 11.3 Å². The number of para-hydroxylation sites is 2. The summed E-state index contributed by atoms with van der Waals surface area (Å²) in [6.45, 7) is 0.451. The predicted octanol–water partition coefficient (Wildman–Crippen LogP) is 4.47. The minimum Gasteiger partial charge on any atom is -0.473 e. The van der Waals surface area contributed by atoms with E-state index in [-0.39, 0.29) is 0 Å². The van der Waals surface area contributed by atoms with Gasteiger partial charge in [0.2, 0.25) is 0 Å². The second kappa shape index (κ2) is 4.92. The first-order chi connectivity index (χ1) is 8.84. The normalized spacial score (nSPS) is 10.7. The van der Waals surface area contributed by atoms with Crippen LogP contribution in [0.15, 0.2) is 54.6 Å². The van der Waals surface area contributed by atoms with E-state index in [1.54, 1.807) is 11.3 Å². The fraction of sp³-hybridized carbons (Fsp3) is 0.0714. The molecule has 2 aromatic carbocycles. The molecular weight excluding hydrogens is 262 g/mol. The number of benzene rings is 2. The molecule has 3 rings (SSSR count). The van der Waals surface area contributed by atoms with Crippen molar-refractivity contribution in [2.24, 2.45) is 0 Å². The molecular formula is C14H11NOS2. The molecule has 1 heterocycles. The van der Waals surface area contributed by atoms with E-state index in [1.165, 1.54) is 4.70 Å². The van der Waals surface area contributed by atoms with Crippen molar-refractivity contribution in [3.8, 4) is 5.75 Å². The highest BCUT2D eigenvalue weighted by atomic mass is 32.1.